The van der Waals surface area contributed by atoms with Crippen LogP contribution in [0.1, 0.15) is 23.7 Å². The summed E-state index contributed by atoms with van der Waals surface area (Å²) in [5, 5.41) is 0. The fourth-order valence-corrected chi connectivity index (χ4v) is 2.27. The summed E-state index contributed by atoms with van der Waals surface area (Å²) in [5.74, 6) is 0.0900. The molecule has 0 fully saturated rings. The van der Waals surface area contributed by atoms with Crippen molar-refractivity contribution in [2.45, 2.75) is 13.3 Å². The molecule has 0 saturated heterocycles. The maximum absolute atomic E-state index is 12.3. The molecule has 7 heteroatoms. The minimum atomic E-state index is -0.472. The average Bonchev–Trinajstić information content (AvgIpc) is 2.64. The molecule has 2 N–H and O–H groups in total. The fraction of sp³-hybridized carbons (Fsp3) is 0.222. The van der Waals surface area contributed by atoms with Gasteiger partial charge in [-0.1, -0.05) is 41.1 Å². The maximum atomic E-state index is 12.3. The van der Waals surface area contributed by atoms with E-state index in [4.69, 9.17) is 9.47 Å². The van der Waals surface area contributed by atoms with Gasteiger partial charge in [0.2, 0.25) is 0 Å². The zero-order chi connectivity index (χ0) is 18.1. The fourth-order valence-electron chi connectivity index (χ4n) is 1.91. The third kappa shape index (κ3) is 6.11. The van der Waals surface area contributed by atoms with Crippen LogP contribution in [-0.2, 0) is 4.79 Å². The molecule has 0 aromatic heterocycles. The minimum Gasteiger partial charge on any atom is -0.493 e. The highest BCUT2D eigenvalue weighted by molar-refractivity contribution is 9.10. The molecular formula is C18H19BrN2O4. The number of hydrazine groups is 1. The van der Waals surface area contributed by atoms with Crippen molar-refractivity contribution in [2.75, 3.05) is 13.2 Å². The molecule has 0 saturated carbocycles. The number of ether oxygens (including phenoxy) is 2. The summed E-state index contributed by atoms with van der Waals surface area (Å²) in [6.45, 7) is 2.27. The van der Waals surface area contributed by atoms with Crippen LogP contribution in [0.2, 0.25) is 0 Å². The molecule has 2 aromatic carbocycles. The highest BCUT2D eigenvalue weighted by Crippen LogP contribution is 2.23. The number of carbonyl (C=O) groups excluding carboxylic acids is 2. The largest absolute Gasteiger partial charge is 0.493 e. The Morgan fingerprint density at radius 1 is 1.04 bits per heavy atom. The van der Waals surface area contributed by atoms with Gasteiger partial charge < -0.3 is 9.47 Å². The Kier molecular flexibility index (Phi) is 7.28. The second-order valence-electron chi connectivity index (χ2n) is 5.09. The number of para-hydroxylation sites is 1. The van der Waals surface area contributed by atoms with E-state index in [9.17, 15) is 9.59 Å². The summed E-state index contributed by atoms with van der Waals surface area (Å²) in [4.78, 5) is 24.1. The van der Waals surface area contributed by atoms with Crippen molar-refractivity contribution in [2.24, 2.45) is 0 Å². The molecule has 2 rings (SSSR count). The van der Waals surface area contributed by atoms with E-state index in [1.54, 1.807) is 42.5 Å². The Hall–Kier alpha value is -2.54. The van der Waals surface area contributed by atoms with Gasteiger partial charge in [-0.2, -0.15) is 0 Å². The van der Waals surface area contributed by atoms with Gasteiger partial charge >= 0.3 is 0 Å². The zero-order valence-corrected chi connectivity index (χ0v) is 15.3. The summed E-state index contributed by atoms with van der Waals surface area (Å²) >= 11 is 3.32. The Morgan fingerprint density at radius 3 is 2.52 bits per heavy atom. The maximum Gasteiger partial charge on any atom is 0.276 e. The number of rotatable bonds is 7. The second-order valence-corrected chi connectivity index (χ2v) is 6.01. The summed E-state index contributed by atoms with van der Waals surface area (Å²) in [5.41, 5.74) is 5.01. The lowest BCUT2D eigenvalue weighted by atomic mass is 10.2. The quantitative estimate of drug-likeness (QED) is 0.692. The Bertz CT molecular complexity index is 722. The molecule has 0 spiro atoms. The molecule has 25 heavy (non-hydrogen) atoms. The van der Waals surface area contributed by atoms with E-state index in [1.807, 2.05) is 13.0 Å². The summed E-state index contributed by atoms with van der Waals surface area (Å²) < 4.78 is 11.6. The number of hydrogen-bond acceptors (Lipinski definition) is 4. The Balaban J connectivity index is 1.89. The first-order valence-corrected chi connectivity index (χ1v) is 8.59. The monoisotopic (exact) mass is 406 g/mol. The van der Waals surface area contributed by atoms with E-state index in [-0.39, 0.29) is 6.61 Å². The van der Waals surface area contributed by atoms with Gasteiger partial charge in [-0.25, -0.2) is 0 Å². The van der Waals surface area contributed by atoms with Crippen molar-refractivity contribution in [3.63, 3.8) is 0 Å². The van der Waals surface area contributed by atoms with Crippen LogP contribution in [0.5, 0.6) is 11.5 Å². The molecule has 0 aliphatic rings. The average molecular weight is 407 g/mol. The van der Waals surface area contributed by atoms with Crippen LogP contribution in [0, 0.1) is 0 Å². The van der Waals surface area contributed by atoms with E-state index in [2.05, 4.69) is 26.8 Å². The van der Waals surface area contributed by atoms with Crippen LogP contribution in [-0.4, -0.2) is 25.0 Å². The summed E-state index contributed by atoms with van der Waals surface area (Å²) in [7, 11) is 0. The molecule has 2 aromatic rings. The Labute approximate surface area is 154 Å². The van der Waals surface area contributed by atoms with Gasteiger partial charge in [0.25, 0.3) is 11.8 Å². The lowest BCUT2D eigenvalue weighted by molar-refractivity contribution is -0.123. The van der Waals surface area contributed by atoms with Crippen molar-refractivity contribution in [1.82, 2.24) is 10.9 Å². The molecule has 0 radical (unpaired) electrons. The zero-order valence-electron chi connectivity index (χ0n) is 13.8. The van der Waals surface area contributed by atoms with Crippen molar-refractivity contribution in [3.8, 4) is 11.5 Å². The van der Waals surface area contributed by atoms with Crippen LogP contribution >= 0.6 is 15.9 Å². The molecule has 2 amide bonds. The number of amides is 2. The first-order valence-electron chi connectivity index (χ1n) is 7.79. The molecule has 132 valence electrons. The molecule has 0 heterocycles. The highest BCUT2D eigenvalue weighted by Gasteiger charge is 2.14. The van der Waals surface area contributed by atoms with Crippen LogP contribution in [0.25, 0.3) is 0 Å². The summed E-state index contributed by atoms with van der Waals surface area (Å²) in [6, 6.07) is 14.1. The van der Waals surface area contributed by atoms with Crippen molar-refractivity contribution < 1.29 is 19.1 Å². The second kappa shape index (κ2) is 9.68. The van der Waals surface area contributed by atoms with Crippen molar-refractivity contribution in [1.29, 1.82) is 0 Å². The number of halogens is 1. The molecule has 0 bridgehead atoms. The molecule has 6 nitrogen and oxygen atoms in total. The van der Waals surface area contributed by atoms with E-state index < -0.39 is 11.8 Å². The molecule has 0 aliphatic carbocycles. The number of nitrogens with one attached hydrogen (secondary N) is 2. The van der Waals surface area contributed by atoms with Crippen LogP contribution in [0.4, 0.5) is 0 Å². The summed E-state index contributed by atoms with van der Waals surface area (Å²) in [6.07, 6.45) is 0.824. The standard InChI is InChI=1S/C18H19BrN2O4/c1-2-10-24-16-9-8-13(19)11-15(16)18(23)21-20-17(22)12-25-14-6-4-3-5-7-14/h3-9,11H,2,10,12H2,1H3,(H,20,22)(H,21,23). The van der Waals surface area contributed by atoms with Crippen molar-refractivity contribution in [3.05, 3.63) is 58.6 Å². The smallest absolute Gasteiger partial charge is 0.276 e. The molecule has 0 atom stereocenters. The van der Waals surface area contributed by atoms with Gasteiger partial charge in [0.1, 0.15) is 11.5 Å². The SMILES string of the molecule is CCCOc1ccc(Br)cc1C(=O)NNC(=O)COc1ccccc1. The topological polar surface area (TPSA) is 76.7 Å². The van der Waals surface area contributed by atoms with Gasteiger partial charge in [0.15, 0.2) is 6.61 Å². The van der Waals surface area contributed by atoms with Gasteiger partial charge in [-0.15, -0.1) is 0 Å². The highest BCUT2D eigenvalue weighted by atomic mass is 79.9. The third-order valence-electron chi connectivity index (χ3n) is 3.08. The van der Waals surface area contributed by atoms with Crippen LogP contribution in [0.3, 0.4) is 0 Å². The lowest BCUT2D eigenvalue weighted by Gasteiger charge is -2.12. The van der Waals surface area contributed by atoms with Gasteiger partial charge in [0, 0.05) is 4.47 Å². The lowest BCUT2D eigenvalue weighted by Crippen LogP contribution is -2.44. The predicted molar refractivity (Wildman–Crippen MR) is 97.5 cm³/mol. The predicted octanol–water partition coefficient (Wildman–Crippen LogP) is 3.08. The van der Waals surface area contributed by atoms with E-state index in [0.29, 0.717) is 23.7 Å². The molecule has 0 unspecified atom stereocenters. The molecule has 0 aliphatic heterocycles. The number of hydrogen-bond donors (Lipinski definition) is 2. The normalized spacial score (nSPS) is 10.0. The van der Waals surface area contributed by atoms with E-state index in [1.165, 1.54) is 0 Å². The minimum absolute atomic E-state index is 0.206. The molecular weight excluding hydrogens is 388 g/mol. The van der Waals surface area contributed by atoms with Crippen LogP contribution < -0.4 is 20.3 Å². The third-order valence-corrected chi connectivity index (χ3v) is 3.57. The van der Waals surface area contributed by atoms with Crippen molar-refractivity contribution >= 4 is 27.7 Å². The van der Waals surface area contributed by atoms with Gasteiger partial charge in [0.05, 0.1) is 12.2 Å². The van der Waals surface area contributed by atoms with Gasteiger partial charge in [-0.05, 0) is 36.8 Å². The van der Waals surface area contributed by atoms with E-state index >= 15 is 0 Å². The first kappa shape index (κ1) is 18.8. The Morgan fingerprint density at radius 2 is 1.80 bits per heavy atom. The number of benzene rings is 2. The van der Waals surface area contributed by atoms with Gasteiger partial charge in [-0.3, -0.25) is 20.4 Å². The first-order chi connectivity index (χ1) is 12.1. The van der Waals surface area contributed by atoms with E-state index in [0.717, 1.165) is 10.9 Å². The number of carbonyl (C=O) groups is 2. The van der Waals surface area contributed by atoms with Crippen LogP contribution in [0.15, 0.2) is 53.0 Å².